The fraction of sp³-hybridized carbons (Fsp3) is 0.125. The predicted molar refractivity (Wildman–Crippen MR) is 53.1 cm³/mol. The first-order valence-electron chi connectivity index (χ1n) is 3.12. The van der Waals surface area contributed by atoms with Crippen molar-refractivity contribution in [3.63, 3.8) is 0 Å². The van der Waals surface area contributed by atoms with Crippen LogP contribution in [0, 0.1) is 11.3 Å². The lowest BCUT2D eigenvalue weighted by atomic mass is 10.2. The highest BCUT2D eigenvalue weighted by molar-refractivity contribution is 9.13. The lowest BCUT2D eigenvalue weighted by Crippen LogP contribution is -1.87. The summed E-state index contributed by atoms with van der Waals surface area (Å²) >= 11 is 6.59. The van der Waals surface area contributed by atoms with E-state index >= 15 is 0 Å². The summed E-state index contributed by atoms with van der Waals surface area (Å²) in [5.41, 5.74) is 0.586. The summed E-state index contributed by atoms with van der Waals surface area (Å²) < 4.78 is 6.53. The summed E-state index contributed by atoms with van der Waals surface area (Å²) in [7, 11) is 1.58. The van der Waals surface area contributed by atoms with Crippen LogP contribution in [-0.4, -0.2) is 7.11 Å². The quantitative estimate of drug-likeness (QED) is 0.796. The standard InChI is InChI=1S/C8H5Br2NO/c1-12-6-3-2-5(4-11)7(9)8(6)10/h2-3H,1H3. The van der Waals surface area contributed by atoms with Gasteiger partial charge in [-0.25, -0.2) is 0 Å². The molecular formula is C8H5Br2NO. The molecule has 0 radical (unpaired) electrons. The molecule has 12 heavy (non-hydrogen) atoms. The van der Waals surface area contributed by atoms with Gasteiger partial charge in [-0.05, 0) is 44.0 Å². The summed E-state index contributed by atoms with van der Waals surface area (Å²) in [5, 5.41) is 8.66. The van der Waals surface area contributed by atoms with Crippen LogP contribution in [0.4, 0.5) is 0 Å². The van der Waals surface area contributed by atoms with E-state index in [0.717, 1.165) is 8.95 Å². The minimum absolute atomic E-state index is 0.586. The van der Waals surface area contributed by atoms with Crippen LogP contribution < -0.4 is 4.74 Å². The molecule has 0 saturated carbocycles. The number of ether oxygens (including phenoxy) is 1. The van der Waals surface area contributed by atoms with E-state index in [4.69, 9.17) is 10.00 Å². The zero-order valence-electron chi connectivity index (χ0n) is 6.27. The molecule has 2 nitrogen and oxygen atoms in total. The molecule has 0 aliphatic rings. The average molecular weight is 291 g/mol. The lowest BCUT2D eigenvalue weighted by molar-refractivity contribution is 0.412. The first-order valence-corrected chi connectivity index (χ1v) is 4.71. The number of methoxy groups -OCH3 is 1. The van der Waals surface area contributed by atoms with Gasteiger partial charge in [-0.3, -0.25) is 0 Å². The van der Waals surface area contributed by atoms with Crippen LogP contribution in [0.1, 0.15) is 5.56 Å². The Morgan fingerprint density at radius 2 is 2.00 bits per heavy atom. The van der Waals surface area contributed by atoms with Gasteiger partial charge in [0.2, 0.25) is 0 Å². The van der Waals surface area contributed by atoms with Gasteiger partial charge in [0.25, 0.3) is 0 Å². The molecule has 1 aromatic carbocycles. The second-order valence-corrected chi connectivity index (χ2v) is 3.64. The third-order valence-electron chi connectivity index (χ3n) is 1.39. The summed E-state index contributed by atoms with van der Waals surface area (Å²) in [6.07, 6.45) is 0. The van der Waals surface area contributed by atoms with Crippen molar-refractivity contribution in [1.29, 1.82) is 5.26 Å². The molecule has 0 fully saturated rings. The number of hydrogen-bond donors (Lipinski definition) is 0. The van der Waals surface area contributed by atoms with Crippen molar-refractivity contribution in [3.05, 3.63) is 26.6 Å². The molecule has 0 bridgehead atoms. The SMILES string of the molecule is COc1ccc(C#N)c(Br)c1Br. The molecule has 0 aromatic heterocycles. The number of nitrogens with zero attached hydrogens (tertiary/aromatic N) is 1. The summed E-state index contributed by atoms with van der Waals surface area (Å²) in [5.74, 6) is 0.709. The molecule has 0 atom stereocenters. The normalized spacial score (nSPS) is 9.17. The van der Waals surface area contributed by atoms with Gasteiger partial charge < -0.3 is 4.74 Å². The highest BCUT2D eigenvalue weighted by Crippen LogP contribution is 2.34. The molecule has 0 saturated heterocycles. The smallest absolute Gasteiger partial charge is 0.134 e. The molecule has 1 rings (SSSR count). The Balaban J connectivity index is 3.32. The number of rotatable bonds is 1. The Morgan fingerprint density at radius 1 is 1.33 bits per heavy atom. The zero-order valence-corrected chi connectivity index (χ0v) is 9.44. The molecule has 0 unspecified atom stereocenters. The zero-order chi connectivity index (χ0) is 9.14. The van der Waals surface area contributed by atoms with Gasteiger partial charge in [0.15, 0.2) is 0 Å². The maximum absolute atomic E-state index is 8.66. The van der Waals surface area contributed by atoms with Crippen LogP contribution in [0.15, 0.2) is 21.1 Å². The minimum atomic E-state index is 0.586. The van der Waals surface area contributed by atoms with Gasteiger partial charge in [0.1, 0.15) is 11.8 Å². The number of hydrogen-bond acceptors (Lipinski definition) is 2. The Labute approximate surface area is 87.4 Å². The minimum Gasteiger partial charge on any atom is -0.496 e. The van der Waals surface area contributed by atoms with E-state index in [1.165, 1.54) is 0 Å². The first-order chi connectivity index (χ1) is 5.70. The van der Waals surface area contributed by atoms with Crippen LogP contribution >= 0.6 is 31.9 Å². The van der Waals surface area contributed by atoms with Gasteiger partial charge in [-0.1, -0.05) is 0 Å². The molecule has 0 aliphatic heterocycles. The van der Waals surface area contributed by atoms with Crippen molar-refractivity contribution in [2.75, 3.05) is 7.11 Å². The van der Waals surface area contributed by atoms with Gasteiger partial charge >= 0.3 is 0 Å². The summed E-state index contributed by atoms with van der Waals surface area (Å²) in [6.45, 7) is 0. The maximum Gasteiger partial charge on any atom is 0.134 e. The summed E-state index contributed by atoms with van der Waals surface area (Å²) in [6, 6.07) is 5.50. The van der Waals surface area contributed by atoms with Crippen LogP contribution in [0.2, 0.25) is 0 Å². The van der Waals surface area contributed by atoms with Crippen molar-refractivity contribution in [2.24, 2.45) is 0 Å². The van der Waals surface area contributed by atoms with E-state index in [1.807, 2.05) is 0 Å². The largest absolute Gasteiger partial charge is 0.496 e. The summed E-state index contributed by atoms with van der Waals surface area (Å²) in [4.78, 5) is 0. The third-order valence-corrected chi connectivity index (χ3v) is 3.53. The Hall–Kier alpha value is -0.530. The van der Waals surface area contributed by atoms with E-state index in [1.54, 1.807) is 19.2 Å². The highest BCUT2D eigenvalue weighted by atomic mass is 79.9. The molecule has 62 valence electrons. The maximum atomic E-state index is 8.66. The number of halogens is 2. The van der Waals surface area contributed by atoms with Gasteiger partial charge in [0, 0.05) is 0 Å². The van der Waals surface area contributed by atoms with Crippen molar-refractivity contribution in [3.8, 4) is 11.8 Å². The highest BCUT2D eigenvalue weighted by Gasteiger charge is 2.08. The number of benzene rings is 1. The molecule has 0 heterocycles. The molecule has 0 aliphatic carbocycles. The topological polar surface area (TPSA) is 33.0 Å². The van der Waals surface area contributed by atoms with Gasteiger partial charge in [-0.15, -0.1) is 0 Å². The van der Waals surface area contributed by atoms with Crippen LogP contribution in [0.3, 0.4) is 0 Å². The van der Waals surface area contributed by atoms with E-state index in [2.05, 4.69) is 37.9 Å². The molecule has 0 N–H and O–H groups in total. The molecule has 4 heteroatoms. The predicted octanol–water partition coefficient (Wildman–Crippen LogP) is 3.09. The van der Waals surface area contributed by atoms with E-state index in [0.29, 0.717) is 11.3 Å². The lowest BCUT2D eigenvalue weighted by Gasteiger charge is -2.04. The third kappa shape index (κ3) is 1.62. The van der Waals surface area contributed by atoms with Crippen molar-refractivity contribution >= 4 is 31.9 Å². The molecular weight excluding hydrogens is 286 g/mol. The Kier molecular flexibility index (Phi) is 3.12. The molecule has 1 aromatic rings. The van der Waals surface area contributed by atoms with E-state index in [9.17, 15) is 0 Å². The van der Waals surface area contributed by atoms with Crippen LogP contribution in [0.25, 0.3) is 0 Å². The molecule has 0 spiro atoms. The van der Waals surface area contributed by atoms with Crippen LogP contribution in [-0.2, 0) is 0 Å². The second kappa shape index (κ2) is 3.92. The fourth-order valence-corrected chi connectivity index (χ4v) is 1.70. The Morgan fingerprint density at radius 3 is 2.50 bits per heavy atom. The van der Waals surface area contributed by atoms with Crippen molar-refractivity contribution in [1.82, 2.24) is 0 Å². The van der Waals surface area contributed by atoms with Crippen molar-refractivity contribution in [2.45, 2.75) is 0 Å². The second-order valence-electron chi connectivity index (χ2n) is 2.06. The first kappa shape index (κ1) is 9.56. The molecule has 0 amide bonds. The monoisotopic (exact) mass is 289 g/mol. The number of nitriles is 1. The van der Waals surface area contributed by atoms with Gasteiger partial charge in [-0.2, -0.15) is 5.26 Å². The van der Waals surface area contributed by atoms with E-state index in [-0.39, 0.29) is 0 Å². The van der Waals surface area contributed by atoms with Crippen molar-refractivity contribution < 1.29 is 4.74 Å². The van der Waals surface area contributed by atoms with E-state index < -0.39 is 0 Å². The fourth-order valence-electron chi connectivity index (χ4n) is 0.776. The average Bonchev–Trinajstić information content (AvgIpc) is 2.10. The van der Waals surface area contributed by atoms with Gasteiger partial charge in [0.05, 0.1) is 21.6 Å². The Bertz CT molecular complexity index is 344. The van der Waals surface area contributed by atoms with Crippen LogP contribution in [0.5, 0.6) is 5.75 Å².